The third-order valence-corrected chi connectivity index (χ3v) is 5.54. The van der Waals surface area contributed by atoms with Crippen LogP contribution in [0, 0.1) is 0 Å². The van der Waals surface area contributed by atoms with Gasteiger partial charge in [0.2, 0.25) is 0 Å². The highest BCUT2D eigenvalue weighted by atomic mass is 16.5. The Morgan fingerprint density at radius 1 is 0.438 bits per heavy atom. The molecule has 0 aliphatic heterocycles. The standard InChI is InChI=1S/C17H34O2.C11H22O2/c1-3-5-7-9-11-13-15-17(18)19-16-14-12-10-8-6-4-2;1-3-5-6-7-8-9-10-11(12)13-4-2/h3-16H2,1-2H3;3-10H2,1-2H3. The van der Waals surface area contributed by atoms with Gasteiger partial charge in [0, 0.05) is 12.8 Å². The molecule has 192 valence electrons. The molecule has 0 atom stereocenters. The molecule has 0 aromatic rings. The van der Waals surface area contributed by atoms with Gasteiger partial charge < -0.3 is 9.47 Å². The fraction of sp³-hybridized carbons (Fsp3) is 0.929. The summed E-state index contributed by atoms with van der Waals surface area (Å²) < 4.78 is 10.1. The van der Waals surface area contributed by atoms with E-state index in [9.17, 15) is 9.59 Å². The van der Waals surface area contributed by atoms with E-state index in [1.54, 1.807) is 0 Å². The largest absolute Gasteiger partial charge is 0.466 e. The predicted octanol–water partition coefficient (Wildman–Crippen LogP) is 8.94. The zero-order chi connectivity index (χ0) is 24.1. The SMILES string of the molecule is CCCCCCCCC(=O)OCC.CCCCCCCCOC(=O)CCCCCCCC. The Labute approximate surface area is 200 Å². The maximum Gasteiger partial charge on any atom is 0.305 e. The summed E-state index contributed by atoms with van der Waals surface area (Å²) in [5, 5.41) is 0. The molecule has 0 bridgehead atoms. The summed E-state index contributed by atoms with van der Waals surface area (Å²) in [7, 11) is 0. The Kier molecular flexibility index (Phi) is 31.0. The molecule has 0 saturated carbocycles. The fourth-order valence-electron chi connectivity index (χ4n) is 3.47. The highest BCUT2D eigenvalue weighted by molar-refractivity contribution is 5.69. The van der Waals surface area contributed by atoms with Crippen molar-refractivity contribution < 1.29 is 19.1 Å². The van der Waals surface area contributed by atoms with Crippen LogP contribution in [-0.4, -0.2) is 25.2 Å². The van der Waals surface area contributed by atoms with Gasteiger partial charge in [0.1, 0.15) is 0 Å². The van der Waals surface area contributed by atoms with Gasteiger partial charge in [-0.15, -0.1) is 0 Å². The third-order valence-electron chi connectivity index (χ3n) is 5.54. The Morgan fingerprint density at radius 3 is 1.19 bits per heavy atom. The minimum Gasteiger partial charge on any atom is -0.466 e. The highest BCUT2D eigenvalue weighted by Gasteiger charge is 2.02. The lowest BCUT2D eigenvalue weighted by Gasteiger charge is -2.05. The van der Waals surface area contributed by atoms with Crippen molar-refractivity contribution in [2.24, 2.45) is 0 Å². The Morgan fingerprint density at radius 2 is 0.781 bits per heavy atom. The molecule has 0 rings (SSSR count). The molecular weight excluding hydrogens is 400 g/mol. The minimum absolute atomic E-state index is 0.00375. The van der Waals surface area contributed by atoms with Crippen LogP contribution in [0.1, 0.15) is 156 Å². The molecule has 0 aliphatic carbocycles. The summed E-state index contributed by atoms with van der Waals surface area (Å²) in [6, 6.07) is 0. The van der Waals surface area contributed by atoms with Crippen molar-refractivity contribution in [3.05, 3.63) is 0 Å². The summed E-state index contributed by atoms with van der Waals surface area (Å²) in [6.45, 7) is 9.64. The molecule has 0 N–H and O–H groups in total. The first-order chi connectivity index (χ1) is 15.6. The van der Waals surface area contributed by atoms with Crippen LogP contribution in [0.5, 0.6) is 0 Å². The molecule has 4 heteroatoms. The van der Waals surface area contributed by atoms with Crippen LogP contribution in [0.25, 0.3) is 0 Å². The van der Waals surface area contributed by atoms with Crippen molar-refractivity contribution in [2.45, 2.75) is 156 Å². The maximum absolute atomic E-state index is 11.4. The van der Waals surface area contributed by atoms with Crippen LogP contribution < -0.4 is 0 Å². The van der Waals surface area contributed by atoms with E-state index < -0.39 is 0 Å². The molecule has 0 heterocycles. The quantitative estimate of drug-likeness (QED) is 0.120. The van der Waals surface area contributed by atoms with Crippen LogP contribution >= 0.6 is 0 Å². The van der Waals surface area contributed by atoms with Crippen molar-refractivity contribution in [1.82, 2.24) is 0 Å². The number of carbonyl (C=O) groups excluding carboxylic acids is 2. The van der Waals surface area contributed by atoms with Gasteiger partial charge in [0.25, 0.3) is 0 Å². The average Bonchev–Trinajstić information content (AvgIpc) is 2.78. The van der Waals surface area contributed by atoms with E-state index in [1.165, 1.54) is 96.3 Å². The van der Waals surface area contributed by atoms with Gasteiger partial charge in [-0.05, 0) is 26.2 Å². The second-order valence-corrected chi connectivity index (χ2v) is 8.83. The molecule has 0 aliphatic rings. The van der Waals surface area contributed by atoms with Gasteiger partial charge >= 0.3 is 11.9 Å². The van der Waals surface area contributed by atoms with Gasteiger partial charge in [0.15, 0.2) is 0 Å². The molecule has 0 unspecified atom stereocenters. The summed E-state index contributed by atoms with van der Waals surface area (Å²) in [5.41, 5.74) is 0. The topological polar surface area (TPSA) is 52.6 Å². The second kappa shape index (κ2) is 29.9. The summed E-state index contributed by atoms with van der Waals surface area (Å²) >= 11 is 0. The van der Waals surface area contributed by atoms with E-state index in [1.807, 2.05) is 6.92 Å². The third kappa shape index (κ3) is 31.1. The molecule has 0 fully saturated rings. The Balaban J connectivity index is 0. The zero-order valence-corrected chi connectivity index (χ0v) is 22.2. The lowest BCUT2D eigenvalue weighted by molar-refractivity contribution is -0.144. The minimum atomic E-state index is -0.0435. The smallest absolute Gasteiger partial charge is 0.305 e. The number of rotatable bonds is 22. The van der Waals surface area contributed by atoms with Crippen LogP contribution in [0.4, 0.5) is 0 Å². The number of ether oxygens (including phenoxy) is 2. The number of hydrogen-bond donors (Lipinski definition) is 0. The van der Waals surface area contributed by atoms with E-state index in [0.717, 1.165) is 19.3 Å². The number of carbonyl (C=O) groups is 2. The number of unbranched alkanes of at least 4 members (excludes halogenated alkanes) is 15. The first-order valence-corrected chi connectivity index (χ1v) is 13.9. The van der Waals surface area contributed by atoms with Gasteiger partial charge in [0.05, 0.1) is 13.2 Å². The molecule has 0 aromatic heterocycles. The van der Waals surface area contributed by atoms with Crippen molar-refractivity contribution in [3.63, 3.8) is 0 Å². The summed E-state index contributed by atoms with van der Waals surface area (Å²) in [6.07, 6.45) is 23.3. The maximum atomic E-state index is 11.4. The number of hydrogen-bond acceptors (Lipinski definition) is 4. The lowest BCUT2D eigenvalue weighted by Crippen LogP contribution is -2.05. The van der Waals surface area contributed by atoms with Gasteiger partial charge in [-0.1, -0.05) is 117 Å². The van der Waals surface area contributed by atoms with Gasteiger partial charge in [-0.2, -0.15) is 0 Å². The Hall–Kier alpha value is -1.06. The molecule has 0 amide bonds. The van der Waals surface area contributed by atoms with E-state index >= 15 is 0 Å². The molecule has 0 radical (unpaired) electrons. The molecule has 0 saturated heterocycles. The first-order valence-electron chi connectivity index (χ1n) is 13.9. The van der Waals surface area contributed by atoms with E-state index in [0.29, 0.717) is 26.1 Å². The van der Waals surface area contributed by atoms with Gasteiger partial charge in [-0.25, -0.2) is 0 Å². The van der Waals surface area contributed by atoms with Crippen molar-refractivity contribution >= 4 is 11.9 Å². The van der Waals surface area contributed by atoms with Crippen molar-refractivity contribution in [2.75, 3.05) is 13.2 Å². The number of esters is 2. The fourth-order valence-corrected chi connectivity index (χ4v) is 3.47. The van der Waals surface area contributed by atoms with Crippen molar-refractivity contribution in [1.29, 1.82) is 0 Å². The van der Waals surface area contributed by atoms with Crippen LogP contribution in [0.3, 0.4) is 0 Å². The summed E-state index contributed by atoms with van der Waals surface area (Å²) in [5.74, 6) is -0.0398. The molecule has 0 aromatic carbocycles. The normalized spacial score (nSPS) is 10.4. The molecule has 32 heavy (non-hydrogen) atoms. The van der Waals surface area contributed by atoms with E-state index in [2.05, 4.69) is 20.8 Å². The molecule has 4 nitrogen and oxygen atoms in total. The monoisotopic (exact) mass is 456 g/mol. The second-order valence-electron chi connectivity index (χ2n) is 8.83. The molecular formula is C28H56O4. The van der Waals surface area contributed by atoms with Crippen LogP contribution in [-0.2, 0) is 19.1 Å². The Bertz CT molecular complexity index is 382. The predicted molar refractivity (Wildman–Crippen MR) is 137 cm³/mol. The zero-order valence-electron chi connectivity index (χ0n) is 22.2. The van der Waals surface area contributed by atoms with E-state index in [-0.39, 0.29) is 11.9 Å². The lowest BCUT2D eigenvalue weighted by atomic mass is 10.1. The van der Waals surface area contributed by atoms with Crippen LogP contribution in [0.15, 0.2) is 0 Å². The first kappa shape index (κ1) is 33.1. The van der Waals surface area contributed by atoms with Crippen LogP contribution in [0.2, 0.25) is 0 Å². The molecule has 0 spiro atoms. The summed E-state index contributed by atoms with van der Waals surface area (Å²) in [4.78, 5) is 22.4. The average molecular weight is 457 g/mol. The highest BCUT2D eigenvalue weighted by Crippen LogP contribution is 2.09. The van der Waals surface area contributed by atoms with Gasteiger partial charge in [-0.3, -0.25) is 9.59 Å². The van der Waals surface area contributed by atoms with E-state index in [4.69, 9.17) is 9.47 Å². The van der Waals surface area contributed by atoms with Crippen molar-refractivity contribution in [3.8, 4) is 0 Å².